The number of benzene rings is 1. The van der Waals surface area contributed by atoms with Crippen molar-refractivity contribution in [2.24, 2.45) is 10.2 Å². The lowest BCUT2D eigenvalue weighted by Gasteiger charge is -1.98. The minimum Gasteiger partial charge on any atom is -0.481 e. The van der Waals surface area contributed by atoms with Gasteiger partial charge in [0.1, 0.15) is 5.25 Å². The minimum atomic E-state index is -1.02. The topological polar surface area (TPSA) is 104 Å². The lowest BCUT2D eigenvalue weighted by atomic mass is 10.1. The summed E-state index contributed by atoms with van der Waals surface area (Å²) in [5.74, 6) is -1.38. The van der Waals surface area contributed by atoms with E-state index in [-0.39, 0.29) is 12.3 Å². The molecule has 0 bridgehead atoms. The van der Waals surface area contributed by atoms with Crippen LogP contribution in [-0.4, -0.2) is 38.6 Å². The van der Waals surface area contributed by atoms with Crippen LogP contribution in [0.1, 0.15) is 17.0 Å². The molecule has 0 saturated carbocycles. The summed E-state index contributed by atoms with van der Waals surface area (Å²) in [6.07, 6.45) is 1.33. The number of hydrogen-bond acceptors (Lipinski definition) is 7. The first-order chi connectivity index (χ1) is 12.0. The first-order valence-corrected chi connectivity index (χ1v) is 9.10. The van der Waals surface area contributed by atoms with E-state index in [0.29, 0.717) is 5.17 Å². The molecular weight excluding hydrogens is 360 g/mol. The number of aliphatic carboxylic acids is 1. The highest BCUT2D eigenvalue weighted by atomic mass is 32.2. The first kappa shape index (κ1) is 17.3. The summed E-state index contributed by atoms with van der Waals surface area (Å²) in [5.41, 5.74) is 2.76. The van der Waals surface area contributed by atoms with Crippen molar-refractivity contribution >= 4 is 46.4 Å². The Labute approximate surface area is 151 Å². The van der Waals surface area contributed by atoms with E-state index < -0.39 is 11.2 Å². The second-order valence-corrected chi connectivity index (χ2v) is 7.47. The quantitative estimate of drug-likeness (QED) is 0.618. The number of carboxylic acids is 1. The van der Waals surface area contributed by atoms with Gasteiger partial charge >= 0.3 is 5.97 Å². The van der Waals surface area contributed by atoms with Gasteiger partial charge in [-0.1, -0.05) is 30.0 Å². The van der Waals surface area contributed by atoms with E-state index in [0.717, 1.165) is 33.6 Å². The minimum absolute atomic E-state index is 0.242. The summed E-state index contributed by atoms with van der Waals surface area (Å²) < 4.78 is 0. The van der Waals surface area contributed by atoms with Gasteiger partial charge in [0.15, 0.2) is 5.17 Å². The van der Waals surface area contributed by atoms with Crippen molar-refractivity contribution in [1.29, 1.82) is 0 Å². The van der Waals surface area contributed by atoms with Gasteiger partial charge in [0.05, 0.1) is 23.3 Å². The maximum absolute atomic E-state index is 11.6. The molecule has 1 aromatic carbocycles. The molecular formula is C16H14N4O3S2. The van der Waals surface area contributed by atoms with E-state index in [1.54, 1.807) is 17.6 Å². The zero-order valence-electron chi connectivity index (χ0n) is 13.2. The van der Waals surface area contributed by atoms with Gasteiger partial charge in [-0.15, -0.1) is 16.4 Å². The fourth-order valence-electron chi connectivity index (χ4n) is 2.17. The third-order valence-corrected chi connectivity index (χ3v) is 5.14. The number of carboxylic acid groups (broad SMARTS) is 1. The average Bonchev–Trinajstić information content (AvgIpc) is 3.14. The van der Waals surface area contributed by atoms with E-state index in [2.05, 4.69) is 20.5 Å². The number of aryl methyl sites for hydroxylation is 1. The van der Waals surface area contributed by atoms with Crippen LogP contribution in [0.5, 0.6) is 0 Å². The summed E-state index contributed by atoms with van der Waals surface area (Å²) in [4.78, 5) is 26.8. The number of amides is 1. The van der Waals surface area contributed by atoms with E-state index in [1.807, 2.05) is 36.6 Å². The van der Waals surface area contributed by atoms with Gasteiger partial charge in [-0.05, 0) is 18.6 Å². The fraction of sp³-hybridized carbons (Fsp3) is 0.188. The number of carbonyl (C=O) groups is 2. The zero-order valence-corrected chi connectivity index (χ0v) is 14.8. The lowest BCUT2D eigenvalue weighted by molar-refractivity contribution is -0.138. The molecule has 0 aliphatic carbocycles. The summed E-state index contributed by atoms with van der Waals surface area (Å²) in [6, 6.07) is 7.72. The molecule has 1 saturated heterocycles. The van der Waals surface area contributed by atoms with Crippen molar-refractivity contribution in [3.05, 3.63) is 40.2 Å². The molecule has 7 nitrogen and oxygen atoms in total. The third-order valence-electron chi connectivity index (χ3n) is 3.29. The number of thiazole rings is 1. The first-order valence-electron chi connectivity index (χ1n) is 7.34. The van der Waals surface area contributed by atoms with Gasteiger partial charge in [-0.3, -0.25) is 9.59 Å². The summed E-state index contributed by atoms with van der Waals surface area (Å²) in [6.45, 7) is 1.96. The molecule has 9 heteroatoms. The van der Waals surface area contributed by atoms with Crippen molar-refractivity contribution < 1.29 is 14.7 Å². The fourth-order valence-corrected chi connectivity index (χ4v) is 3.70. The molecule has 2 heterocycles. The van der Waals surface area contributed by atoms with Crippen molar-refractivity contribution in [2.75, 3.05) is 0 Å². The second kappa shape index (κ2) is 7.58. The molecule has 1 aromatic heterocycles. The smallest absolute Gasteiger partial charge is 0.305 e. The Morgan fingerprint density at radius 1 is 1.48 bits per heavy atom. The third kappa shape index (κ3) is 4.52. The predicted octanol–water partition coefficient (Wildman–Crippen LogP) is 2.51. The molecule has 128 valence electrons. The van der Waals surface area contributed by atoms with Crippen LogP contribution in [-0.2, 0) is 9.59 Å². The molecule has 0 spiro atoms. The Morgan fingerprint density at radius 3 is 3.04 bits per heavy atom. The Hall–Kier alpha value is -2.52. The number of thioether (sulfide) groups is 1. The van der Waals surface area contributed by atoms with Crippen molar-refractivity contribution in [2.45, 2.75) is 18.6 Å². The number of nitrogens with one attached hydrogen (secondary N) is 1. The largest absolute Gasteiger partial charge is 0.481 e. The van der Waals surface area contributed by atoms with Crippen molar-refractivity contribution in [3.63, 3.8) is 0 Å². The standard InChI is InChI=1S/C16H14N4O3S2/c1-9-18-12(8-24-9)11-4-2-3-10(5-11)7-17-20-16-19-15(23)13(25-16)6-14(21)22/h2-5,7-8,13H,6H2,1H3,(H,21,22)(H,19,20,23). The molecule has 1 unspecified atom stereocenters. The molecule has 1 atom stereocenters. The van der Waals surface area contributed by atoms with Crippen LogP contribution in [0.15, 0.2) is 39.8 Å². The van der Waals surface area contributed by atoms with E-state index >= 15 is 0 Å². The summed E-state index contributed by atoms with van der Waals surface area (Å²) in [5, 5.41) is 21.8. The maximum Gasteiger partial charge on any atom is 0.305 e. The molecule has 1 aliphatic rings. The van der Waals surface area contributed by atoms with Gasteiger partial charge < -0.3 is 10.4 Å². The van der Waals surface area contributed by atoms with Crippen LogP contribution in [0.4, 0.5) is 0 Å². The van der Waals surface area contributed by atoms with Gasteiger partial charge in [0.25, 0.3) is 0 Å². The van der Waals surface area contributed by atoms with Crippen molar-refractivity contribution in [3.8, 4) is 11.3 Å². The SMILES string of the molecule is Cc1nc(-c2cccc(C=NN=C3NC(=O)C(CC(=O)O)S3)c2)cs1. The van der Waals surface area contributed by atoms with E-state index in [4.69, 9.17) is 5.11 Å². The number of carbonyl (C=O) groups excluding carboxylic acids is 1. The van der Waals surface area contributed by atoms with Crippen molar-refractivity contribution in [1.82, 2.24) is 10.3 Å². The average molecular weight is 374 g/mol. The highest BCUT2D eigenvalue weighted by Crippen LogP contribution is 2.23. The zero-order chi connectivity index (χ0) is 17.8. The number of rotatable bonds is 5. The molecule has 1 aliphatic heterocycles. The number of hydrogen-bond donors (Lipinski definition) is 2. The Bertz CT molecular complexity index is 876. The van der Waals surface area contributed by atoms with Crippen LogP contribution in [0.25, 0.3) is 11.3 Å². The van der Waals surface area contributed by atoms with Gasteiger partial charge in [-0.25, -0.2) is 4.98 Å². The van der Waals surface area contributed by atoms with Crippen LogP contribution >= 0.6 is 23.1 Å². The van der Waals surface area contributed by atoms with Crippen LogP contribution in [0, 0.1) is 6.92 Å². The number of amidine groups is 1. The van der Waals surface area contributed by atoms with E-state index in [9.17, 15) is 9.59 Å². The van der Waals surface area contributed by atoms with Crippen LogP contribution < -0.4 is 5.32 Å². The van der Waals surface area contributed by atoms with Gasteiger partial charge in [-0.2, -0.15) is 5.10 Å². The highest BCUT2D eigenvalue weighted by molar-refractivity contribution is 8.15. The summed E-state index contributed by atoms with van der Waals surface area (Å²) >= 11 is 2.66. The normalized spacial score (nSPS) is 18.8. The van der Waals surface area contributed by atoms with Gasteiger partial charge in [0.2, 0.25) is 5.91 Å². The lowest BCUT2D eigenvalue weighted by Crippen LogP contribution is -2.26. The molecule has 1 amide bonds. The monoisotopic (exact) mass is 374 g/mol. The molecule has 25 heavy (non-hydrogen) atoms. The van der Waals surface area contributed by atoms with Crippen LogP contribution in [0.3, 0.4) is 0 Å². The maximum atomic E-state index is 11.6. The van der Waals surface area contributed by atoms with Gasteiger partial charge in [0, 0.05) is 10.9 Å². The molecule has 1 fully saturated rings. The second-order valence-electron chi connectivity index (χ2n) is 5.22. The molecule has 2 N–H and O–H groups in total. The molecule has 0 radical (unpaired) electrons. The highest BCUT2D eigenvalue weighted by Gasteiger charge is 2.32. The van der Waals surface area contributed by atoms with E-state index in [1.165, 1.54) is 0 Å². The number of aromatic nitrogens is 1. The Kier molecular flexibility index (Phi) is 5.25. The Balaban J connectivity index is 1.68. The molecule has 3 rings (SSSR count). The Morgan fingerprint density at radius 2 is 2.32 bits per heavy atom. The predicted molar refractivity (Wildman–Crippen MR) is 99.1 cm³/mol. The molecule has 2 aromatic rings. The summed E-state index contributed by atoms with van der Waals surface area (Å²) in [7, 11) is 0. The number of nitrogens with zero attached hydrogens (tertiary/aromatic N) is 3. The van der Waals surface area contributed by atoms with Crippen LogP contribution in [0.2, 0.25) is 0 Å².